The lowest BCUT2D eigenvalue weighted by atomic mass is 10.3. The average Bonchev–Trinajstić information content (AvgIpc) is 2.59. The third-order valence-corrected chi connectivity index (χ3v) is 2.59. The molecule has 0 spiro atoms. The molecule has 0 atom stereocenters. The van der Waals surface area contributed by atoms with E-state index >= 15 is 0 Å². The van der Waals surface area contributed by atoms with Gasteiger partial charge in [-0.1, -0.05) is 0 Å². The van der Waals surface area contributed by atoms with Crippen molar-refractivity contribution in [3.8, 4) is 0 Å². The Kier molecular flexibility index (Phi) is 1.59. The number of rotatable bonds is 0. The second-order valence-electron chi connectivity index (χ2n) is 3.71. The Bertz CT molecular complexity index is 582. The molecule has 15 heavy (non-hydrogen) atoms. The highest BCUT2D eigenvalue weighted by atomic mass is 16.1. The minimum Gasteiger partial charge on any atom is -0.355 e. The van der Waals surface area contributed by atoms with Crippen LogP contribution < -0.4 is 10.9 Å². The lowest BCUT2D eigenvalue weighted by Gasteiger charge is -2.17. The van der Waals surface area contributed by atoms with E-state index in [0.717, 1.165) is 19.5 Å². The van der Waals surface area contributed by atoms with Crippen molar-refractivity contribution in [3.05, 3.63) is 16.6 Å². The Morgan fingerprint density at radius 1 is 1.53 bits per heavy atom. The largest absolute Gasteiger partial charge is 0.355 e. The summed E-state index contributed by atoms with van der Waals surface area (Å²) in [7, 11) is 1.79. The predicted molar refractivity (Wildman–Crippen MR) is 55.9 cm³/mol. The number of aromatic nitrogens is 4. The van der Waals surface area contributed by atoms with Crippen molar-refractivity contribution in [2.45, 2.75) is 13.0 Å². The molecule has 1 N–H and O–H groups in total. The van der Waals surface area contributed by atoms with Crippen molar-refractivity contribution in [1.29, 1.82) is 0 Å². The van der Waals surface area contributed by atoms with Gasteiger partial charge in [-0.15, -0.1) is 0 Å². The van der Waals surface area contributed by atoms with E-state index < -0.39 is 0 Å². The number of hydrogen-bond acceptors (Lipinski definition) is 4. The lowest BCUT2D eigenvalue weighted by molar-refractivity contribution is 0.602. The van der Waals surface area contributed by atoms with E-state index in [1.54, 1.807) is 22.5 Å². The van der Waals surface area contributed by atoms with Gasteiger partial charge in [0, 0.05) is 26.3 Å². The topological polar surface area (TPSA) is 64.7 Å². The summed E-state index contributed by atoms with van der Waals surface area (Å²) >= 11 is 0. The first kappa shape index (κ1) is 8.46. The fourth-order valence-electron chi connectivity index (χ4n) is 1.89. The van der Waals surface area contributed by atoms with Crippen LogP contribution in [0, 0.1) is 0 Å². The van der Waals surface area contributed by atoms with Crippen LogP contribution in [-0.4, -0.2) is 25.9 Å². The summed E-state index contributed by atoms with van der Waals surface area (Å²) in [5, 5.41) is 7.83. The van der Waals surface area contributed by atoms with E-state index in [1.807, 2.05) is 0 Å². The second-order valence-corrected chi connectivity index (χ2v) is 3.71. The second kappa shape index (κ2) is 2.82. The Labute approximate surface area is 85.5 Å². The Hall–Kier alpha value is -1.85. The maximum Gasteiger partial charge on any atom is 0.266 e. The quantitative estimate of drug-likeness (QED) is 0.654. The van der Waals surface area contributed by atoms with E-state index in [0.29, 0.717) is 17.0 Å². The molecule has 0 aromatic carbocycles. The minimum absolute atomic E-state index is 0.00435. The molecule has 78 valence electrons. The van der Waals surface area contributed by atoms with Crippen molar-refractivity contribution < 1.29 is 0 Å². The maximum absolute atomic E-state index is 12.0. The van der Waals surface area contributed by atoms with Gasteiger partial charge in [0.2, 0.25) is 5.95 Å². The van der Waals surface area contributed by atoms with Gasteiger partial charge in [-0.05, 0) is 6.42 Å². The van der Waals surface area contributed by atoms with Crippen LogP contribution in [0.25, 0.3) is 11.0 Å². The smallest absolute Gasteiger partial charge is 0.266 e. The van der Waals surface area contributed by atoms with E-state index in [2.05, 4.69) is 15.4 Å². The molecule has 0 radical (unpaired) electrons. The van der Waals surface area contributed by atoms with E-state index in [-0.39, 0.29) is 5.56 Å². The van der Waals surface area contributed by atoms with Gasteiger partial charge in [-0.25, -0.2) is 0 Å². The fraction of sp³-hybridized carbons (Fsp3) is 0.444. The predicted octanol–water partition coefficient (Wildman–Crippen LogP) is -0.0544. The molecule has 0 bridgehead atoms. The van der Waals surface area contributed by atoms with Gasteiger partial charge in [-0.3, -0.25) is 14.0 Å². The van der Waals surface area contributed by atoms with Gasteiger partial charge in [0.1, 0.15) is 5.39 Å². The van der Waals surface area contributed by atoms with Crippen molar-refractivity contribution in [2.24, 2.45) is 7.05 Å². The maximum atomic E-state index is 12.0. The molecule has 1 aliphatic rings. The highest BCUT2D eigenvalue weighted by Crippen LogP contribution is 2.12. The zero-order valence-electron chi connectivity index (χ0n) is 8.40. The van der Waals surface area contributed by atoms with Crippen LogP contribution in [0.5, 0.6) is 0 Å². The summed E-state index contributed by atoms with van der Waals surface area (Å²) in [5.41, 5.74) is 0.512. The van der Waals surface area contributed by atoms with Crippen molar-refractivity contribution >= 4 is 17.0 Å². The standard InChI is InChI=1S/C9H11N5O/c1-13-5-6-7(12-13)11-9-10-3-2-4-14(9)8(6)15/h5H,2-4H2,1H3,(H,10,11,12). The van der Waals surface area contributed by atoms with Crippen LogP contribution in [0.2, 0.25) is 0 Å². The van der Waals surface area contributed by atoms with Gasteiger partial charge in [0.25, 0.3) is 5.56 Å². The van der Waals surface area contributed by atoms with Crippen LogP contribution in [0.4, 0.5) is 5.95 Å². The highest BCUT2D eigenvalue weighted by Gasteiger charge is 2.15. The first-order chi connectivity index (χ1) is 7.25. The van der Waals surface area contributed by atoms with Gasteiger partial charge in [0.05, 0.1) is 0 Å². The van der Waals surface area contributed by atoms with Crippen LogP contribution in [-0.2, 0) is 13.6 Å². The third-order valence-electron chi connectivity index (χ3n) is 2.59. The van der Waals surface area contributed by atoms with Crippen LogP contribution >= 0.6 is 0 Å². The third kappa shape index (κ3) is 1.14. The number of anilines is 1. The first-order valence-electron chi connectivity index (χ1n) is 4.94. The van der Waals surface area contributed by atoms with Gasteiger partial charge >= 0.3 is 0 Å². The zero-order chi connectivity index (χ0) is 10.4. The summed E-state index contributed by atoms with van der Waals surface area (Å²) in [6.45, 7) is 1.60. The van der Waals surface area contributed by atoms with E-state index in [1.165, 1.54) is 0 Å². The average molecular weight is 205 g/mol. The van der Waals surface area contributed by atoms with E-state index in [9.17, 15) is 4.79 Å². The van der Waals surface area contributed by atoms with Crippen molar-refractivity contribution in [2.75, 3.05) is 11.9 Å². The number of aryl methyl sites for hydroxylation is 1. The monoisotopic (exact) mass is 205 g/mol. The van der Waals surface area contributed by atoms with Gasteiger partial charge in [0.15, 0.2) is 5.65 Å². The summed E-state index contributed by atoms with van der Waals surface area (Å²) in [6, 6.07) is 0. The van der Waals surface area contributed by atoms with Gasteiger partial charge < -0.3 is 5.32 Å². The molecule has 6 heteroatoms. The summed E-state index contributed by atoms with van der Waals surface area (Å²) in [6.07, 6.45) is 2.67. The van der Waals surface area contributed by atoms with Crippen LogP contribution in [0.3, 0.4) is 0 Å². The highest BCUT2D eigenvalue weighted by molar-refractivity contribution is 5.74. The molecule has 0 aliphatic carbocycles. The van der Waals surface area contributed by atoms with Crippen molar-refractivity contribution in [1.82, 2.24) is 19.3 Å². The summed E-state index contributed by atoms with van der Waals surface area (Å²) in [5.74, 6) is 0.637. The van der Waals surface area contributed by atoms with Crippen LogP contribution in [0.15, 0.2) is 11.0 Å². The Morgan fingerprint density at radius 2 is 2.40 bits per heavy atom. The SMILES string of the molecule is Cn1cc2c(=O)n3c(nc2n1)NCCC3. The molecule has 0 saturated heterocycles. The number of nitrogens with one attached hydrogen (secondary N) is 1. The summed E-state index contributed by atoms with van der Waals surface area (Å²) in [4.78, 5) is 16.3. The first-order valence-corrected chi connectivity index (χ1v) is 4.94. The molecule has 3 heterocycles. The molecule has 0 fully saturated rings. The number of hydrogen-bond donors (Lipinski definition) is 1. The molecule has 2 aromatic heterocycles. The molecule has 1 aliphatic heterocycles. The molecule has 3 rings (SSSR count). The van der Waals surface area contributed by atoms with E-state index in [4.69, 9.17) is 0 Å². The Morgan fingerprint density at radius 3 is 3.27 bits per heavy atom. The molecule has 0 saturated carbocycles. The van der Waals surface area contributed by atoms with Crippen LogP contribution in [0.1, 0.15) is 6.42 Å². The molecule has 0 amide bonds. The fourth-order valence-corrected chi connectivity index (χ4v) is 1.89. The molecule has 0 unspecified atom stereocenters. The molecular weight excluding hydrogens is 194 g/mol. The van der Waals surface area contributed by atoms with Gasteiger partial charge in [-0.2, -0.15) is 10.1 Å². The molecule has 2 aromatic rings. The zero-order valence-corrected chi connectivity index (χ0v) is 8.40. The van der Waals surface area contributed by atoms with Crippen molar-refractivity contribution in [3.63, 3.8) is 0 Å². The molecular formula is C9H11N5O. The normalized spacial score (nSPS) is 15.0. The Balaban J connectivity index is 2.40. The molecule has 6 nitrogen and oxygen atoms in total. The number of fused-ring (bicyclic) bond motifs is 2. The lowest BCUT2D eigenvalue weighted by Crippen LogP contribution is -2.29. The number of nitrogens with zero attached hydrogens (tertiary/aromatic N) is 4. The minimum atomic E-state index is -0.00435. The summed E-state index contributed by atoms with van der Waals surface area (Å²) < 4.78 is 3.29.